The second-order valence-corrected chi connectivity index (χ2v) is 7.84. The number of hydrogen-bond acceptors (Lipinski definition) is 4. The van der Waals surface area contributed by atoms with Crippen LogP contribution in [0.25, 0.3) is 0 Å². The summed E-state index contributed by atoms with van der Waals surface area (Å²) >= 11 is 5.77. The first kappa shape index (κ1) is 15.8. The van der Waals surface area contributed by atoms with Crippen LogP contribution in [0.4, 0.5) is 0 Å². The predicted molar refractivity (Wildman–Crippen MR) is 81.7 cm³/mol. The maximum Gasteiger partial charge on any atom is 0.179 e. The third kappa shape index (κ3) is 4.19. The average molecular weight is 317 g/mol. The predicted octanol–water partition coefficient (Wildman–Crippen LogP) is 1.78. The van der Waals surface area contributed by atoms with E-state index in [0.717, 1.165) is 32.5 Å². The van der Waals surface area contributed by atoms with E-state index in [2.05, 4.69) is 4.90 Å². The zero-order valence-corrected chi connectivity index (χ0v) is 13.0. The Labute approximate surface area is 125 Å². The van der Waals surface area contributed by atoms with Gasteiger partial charge in [-0.3, -0.25) is 0 Å². The second kappa shape index (κ2) is 6.89. The zero-order chi connectivity index (χ0) is 14.6. The molecule has 0 unspecified atom stereocenters. The van der Waals surface area contributed by atoms with E-state index in [-0.39, 0.29) is 5.75 Å². The Morgan fingerprint density at radius 1 is 1.20 bits per heavy atom. The van der Waals surface area contributed by atoms with E-state index in [4.69, 9.17) is 17.3 Å². The molecule has 0 saturated carbocycles. The van der Waals surface area contributed by atoms with Crippen LogP contribution in [0.3, 0.4) is 0 Å². The lowest BCUT2D eigenvalue weighted by Gasteiger charge is -2.31. The summed E-state index contributed by atoms with van der Waals surface area (Å²) in [6.45, 7) is 3.20. The fourth-order valence-electron chi connectivity index (χ4n) is 2.45. The molecule has 2 N–H and O–H groups in total. The summed E-state index contributed by atoms with van der Waals surface area (Å²) in [7, 11) is -3.22. The Morgan fingerprint density at radius 3 is 2.35 bits per heavy atom. The smallest absolute Gasteiger partial charge is 0.179 e. The zero-order valence-electron chi connectivity index (χ0n) is 11.5. The van der Waals surface area contributed by atoms with Crippen LogP contribution < -0.4 is 5.73 Å². The fourth-order valence-corrected chi connectivity index (χ4v) is 3.87. The van der Waals surface area contributed by atoms with Gasteiger partial charge in [-0.1, -0.05) is 11.6 Å². The fraction of sp³-hybridized carbons (Fsp3) is 0.571. The van der Waals surface area contributed by atoms with E-state index in [0.29, 0.717) is 22.4 Å². The molecule has 4 nitrogen and oxygen atoms in total. The summed E-state index contributed by atoms with van der Waals surface area (Å²) in [6, 6.07) is 6.36. The van der Waals surface area contributed by atoms with Gasteiger partial charge in [0.05, 0.1) is 10.6 Å². The molecule has 0 aliphatic carbocycles. The van der Waals surface area contributed by atoms with Crippen LogP contribution in [0.15, 0.2) is 29.2 Å². The quantitative estimate of drug-likeness (QED) is 0.899. The average Bonchev–Trinajstić information content (AvgIpc) is 2.46. The van der Waals surface area contributed by atoms with Crippen molar-refractivity contribution in [3.05, 3.63) is 29.3 Å². The molecule has 0 radical (unpaired) electrons. The van der Waals surface area contributed by atoms with E-state index < -0.39 is 9.84 Å². The molecule has 1 fully saturated rings. The number of hydrogen-bond donors (Lipinski definition) is 1. The van der Waals surface area contributed by atoms with Crippen LogP contribution in [-0.4, -0.2) is 45.2 Å². The highest BCUT2D eigenvalue weighted by Crippen LogP contribution is 2.18. The van der Waals surface area contributed by atoms with Crippen molar-refractivity contribution < 1.29 is 8.42 Å². The molecule has 1 aliphatic rings. The van der Waals surface area contributed by atoms with Gasteiger partial charge < -0.3 is 10.6 Å². The summed E-state index contributed by atoms with van der Waals surface area (Å²) < 4.78 is 24.4. The highest BCUT2D eigenvalue weighted by Gasteiger charge is 2.21. The number of piperidine rings is 1. The van der Waals surface area contributed by atoms with Gasteiger partial charge in [-0.25, -0.2) is 8.42 Å². The molecular formula is C14H21ClN2O2S. The highest BCUT2D eigenvalue weighted by molar-refractivity contribution is 7.91. The third-order valence-corrected chi connectivity index (χ3v) is 5.85. The second-order valence-electron chi connectivity index (χ2n) is 5.29. The van der Waals surface area contributed by atoms with E-state index in [1.165, 1.54) is 0 Å². The van der Waals surface area contributed by atoms with Crippen LogP contribution in [0, 0.1) is 5.92 Å². The third-order valence-electron chi connectivity index (χ3n) is 3.89. The van der Waals surface area contributed by atoms with Gasteiger partial charge in [0, 0.05) is 11.6 Å². The lowest BCUT2D eigenvalue weighted by atomic mass is 9.97. The van der Waals surface area contributed by atoms with Crippen LogP contribution in [-0.2, 0) is 9.84 Å². The number of benzene rings is 1. The van der Waals surface area contributed by atoms with Crippen molar-refractivity contribution in [2.24, 2.45) is 11.7 Å². The van der Waals surface area contributed by atoms with Gasteiger partial charge in [-0.2, -0.15) is 0 Å². The topological polar surface area (TPSA) is 63.4 Å². The number of nitrogens with two attached hydrogens (primary N) is 1. The van der Waals surface area contributed by atoms with Gasteiger partial charge in [0.1, 0.15) is 0 Å². The molecule has 0 spiro atoms. The Hall–Kier alpha value is -0.620. The summed E-state index contributed by atoms with van der Waals surface area (Å²) in [4.78, 5) is 2.55. The Balaban J connectivity index is 1.88. The molecule has 1 saturated heterocycles. The molecule has 1 aromatic carbocycles. The van der Waals surface area contributed by atoms with Crippen molar-refractivity contribution in [2.75, 3.05) is 31.9 Å². The number of likely N-dealkylation sites (tertiary alicyclic amines) is 1. The first-order valence-electron chi connectivity index (χ1n) is 6.92. The number of rotatable bonds is 5. The molecule has 6 heteroatoms. The van der Waals surface area contributed by atoms with Crippen molar-refractivity contribution >= 4 is 21.4 Å². The summed E-state index contributed by atoms with van der Waals surface area (Å²) in [5, 5.41) is 0.549. The first-order valence-corrected chi connectivity index (χ1v) is 8.95. The molecule has 0 amide bonds. The SMILES string of the molecule is NCC1CCN(CCS(=O)(=O)c2ccc(Cl)cc2)CC1. The monoisotopic (exact) mass is 316 g/mol. The first-order chi connectivity index (χ1) is 9.51. The van der Waals surface area contributed by atoms with Crippen molar-refractivity contribution in [3.63, 3.8) is 0 Å². The molecule has 1 aromatic rings. The van der Waals surface area contributed by atoms with Crippen molar-refractivity contribution in [1.82, 2.24) is 4.90 Å². The minimum absolute atomic E-state index is 0.155. The highest BCUT2D eigenvalue weighted by atomic mass is 35.5. The standard InChI is InChI=1S/C14H21ClN2O2S/c15-13-1-3-14(4-2-13)20(18,19)10-9-17-7-5-12(11-16)6-8-17/h1-4,12H,5-11,16H2. The van der Waals surface area contributed by atoms with E-state index in [9.17, 15) is 8.42 Å². The Morgan fingerprint density at radius 2 is 1.80 bits per heavy atom. The number of nitrogens with zero attached hydrogens (tertiary/aromatic N) is 1. The maximum atomic E-state index is 12.2. The number of sulfone groups is 1. The normalized spacial score (nSPS) is 18.3. The molecule has 0 atom stereocenters. The number of halogens is 1. The van der Waals surface area contributed by atoms with Crippen molar-refractivity contribution in [1.29, 1.82) is 0 Å². The summed E-state index contributed by atoms with van der Waals surface area (Å²) in [6.07, 6.45) is 2.13. The molecule has 112 valence electrons. The largest absolute Gasteiger partial charge is 0.330 e. The van der Waals surface area contributed by atoms with Crippen LogP contribution in [0.2, 0.25) is 5.02 Å². The van der Waals surface area contributed by atoms with E-state index in [1.54, 1.807) is 24.3 Å². The minimum Gasteiger partial charge on any atom is -0.330 e. The molecule has 1 aliphatic heterocycles. The van der Waals surface area contributed by atoms with Gasteiger partial charge in [0.2, 0.25) is 0 Å². The molecule has 0 bridgehead atoms. The molecule has 2 rings (SSSR count). The summed E-state index contributed by atoms with van der Waals surface area (Å²) in [5.74, 6) is 0.751. The molecule has 1 heterocycles. The minimum atomic E-state index is -3.22. The lowest BCUT2D eigenvalue weighted by molar-refractivity contribution is 0.196. The van der Waals surface area contributed by atoms with Gasteiger partial charge in [-0.05, 0) is 62.7 Å². The van der Waals surface area contributed by atoms with Gasteiger partial charge >= 0.3 is 0 Å². The maximum absolute atomic E-state index is 12.2. The Kier molecular flexibility index (Phi) is 5.43. The summed E-state index contributed by atoms with van der Waals surface area (Å²) in [5.41, 5.74) is 5.65. The van der Waals surface area contributed by atoms with Crippen LogP contribution in [0.5, 0.6) is 0 Å². The van der Waals surface area contributed by atoms with E-state index >= 15 is 0 Å². The molecular weight excluding hydrogens is 296 g/mol. The van der Waals surface area contributed by atoms with Gasteiger partial charge in [0.25, 0.3) is 0 Å². The lowest BCUT2D eigenvalue weighted by Crippen LogP contribution is -2.38. The molecule has 0 aromatic heterocycles. The van der Waals surface area contributed by atoms with Crippen molar-refractivity contribution in [2.45, 2.75) is 17.7 Å². The van der Waals surface area contributed by atoms with Crippen molar-refractivity contribution in [3.8, 4) is 0 Å². The van der Waals surface area contributed by atoms with Gasteiger partial charge in [-0.15, -0.1) is 0 Å². The molecule has 20 heavy (non-hydrogen) atoms. The van der Waals surface area contributed by atoms with Gasteiger partial charge in [0.15, 0.2) is 9.84 Å². The van der Waals surface area contributed by atoms with Crippen LogP contribution in [0.1, 0.15) is 12.8 Å². The van der Waals surface area contributed by atoms with Crippen LogP contribution >= 0.6 is 11.6 Å². The van der Waals surface area contributed by atoms with E-state index in [1.807, 2.05) is 0 Å². The Bertz CT molecular complexity index is 523.